The van der Waals surface area contributed by atoms with Crippen LogP contribution in [0.2, 0.25) is 0 Å². The first-order valence-electron chi connectivity index (χ1n) is 6.24. The topological polar surface area (TPSA) is 85.4 Å². The van der Waals surface area contributed by atoms with Crippen molar-refractivity contribution in [3.8, 4) is 5.75 Å². The van der Waals surface area contributed by atoms with Crippen molar-refractivity contribution in [1.29, 1.82) is 0 Å². The first-order valence-corrected chi connectivity index (χ1v) is 6.24. The van der Waals surface area contributed by atoms with Crippen molar-refractivity contribution >= 4 is 5.97 Å². The molecule has 1 heterocycles. The number of nitrogens with zero attached hydrogens (tertiary/aromatic N) is 1. The molecule has 3 N–H and O–H groups in total. The third-order valence-corrected chi connectivity index (χ3v) is 2.85. The van der Waals surface area contributed by atoms with Gasteiger partial charge in [-0.3, -0.25) is 9.78 Å². The van der Waals surface area contributed by atoms with Crippen LogP contribution in [-0.2, 0) is 17.8 Å². The molecule has 0 spiro atoms. The summed E-state index contributed by atoms with van der Waals surface area (Å²) in [6.07, 6.45) is 3.74. The largest absolute Gasteiger partial charge is 0.489 e. The van der Waals surface area contributed by atoms with Crippen LogP contribution in [0.3, 0.4) is 0 Å². The number of aromatic nitrogens is 1. The van der Waals surface area contributed by atoms with Crippen molar-refractivity contribution in [3.05, 3.63) is 59.9 Å². The monoisotopic (exact) mass is 272 g/mol. The molecule has 1 atom stereocenters. The second kappa shape index (κ2) is 6.68. The van der Waals surface area contributed by atoms with Gasteiger partial charge in [-0.1, -0.05) is 12.1 Å². The van der Waals surface area contributed by atoms with Gasteiger partial charge in [-0.05, 0) is 41.8 Å². The third-order valence-electron chi connectivity index (χ3n) is 2.85. The van der Waals surface area contributed by atoms with Gasteiger partial charge in [0, 0.05) is 12.4 Å². The molecule has 0 radical (unpaired) electrons. The van der Waals surface area contributed by atoms with E-state index in [1.807, 2.05) is 36.4 Å². The Morgan fingerprint density at radius 3 is 2.40 bits per heavy atom. The van der Waals surface area contributed by atoms with Crippen LogP contribution in [0.15, 0.2) is 48.8 Å². The number of hydrogen-bond donors (Lipinski definition) is 2. The van der Waals surface area contributed by atoms with E-state index in [1.165, 1.54) is 0 Å². The number of nitrogens with two attached hydrogens (primary N) is 1. The zero-order chi connectivity index (χ0) is 14.4. The third kappa shape index (κ3) is 4.07. The van der Waals surface area contributed by atoms with Crippen molar-refractivity contribution in [2.75, 3.05) is 0 Å². The number of carboxylic acids is 1. The first kappa shape index (κ1) is 14.0. The van der Waals surface area contributed by atoms with E-state index in [4.69, 9.17) is 15.6 Å². The van der Waals surface area contributed by atoms with E-state index in [-0.39, 0.29) is 0 Å². The van der Waals surface area contributed by atoms with E-state index in [9.17, 15) is 4.79 Å². The minimum absolute atomic E-state index is 0.306. The molecule has 0 bridgehead atoms. The summed E-state index contributed by atoms with van der Waals surface area (Å²) in [5, 5.41) is 8.75. The molecule has 0 saturated carbocycles. The molecule has 0 saturated heterocycles. The molecule has 0 amide bonds. The first-order chi connectivity index (χ1) is 9.65. The normalized spacial score (nSPS) is 11.8. The number of hydrogen-bond acceptors (Lipinski definition) is 4. The fourth-order valence-corrected chi connectivity index (χ4v) is 1.71. The van der Waals surface area contributed by atoms with Gasteiger partial charge in [0.05, 0.1) is 0 Å². The minimum atomic E-state index is -0.997. The molecule has 5 heteroatoms. The number of aliphatic carboxylic acids is 1. The molecule has 0 aliphatic heterocycles. The molecule has 1 unspecified atom stereocenters. The summed E-state index contributed by atoms with van der Waals surface area (Å²) < 4.78 is 5.62. The van der Waals surface area contributed by atoms with Crippen molar-refractivity contribution in [1.82, 2.24) is 4.98 Å². The average Bonchev–Trinajstić information content (AvgIpc) is 2.47. The SMILES string of the molecule is NC(Cc1ccc(OCc2ccncc2)cc1)C(=O)O. The van der Waals surface area contributed by atoms with Gasteiger partial charge in [0.25, 0.3) is 0 Å². The van der Waals surface area contributed by atoms with Gasteiger partial charge in [0.15, 0.2) is 0 Å². The number of rotatable bonds is 6. The Balaban J connectivity index is 1.90. The maximum absolute atomic E-state index is 10.7. The van der Waals surface area contributed by atoms with Crippen LogP contribution in [0.25, 0.3) is 0 Å². The molecule has 0 aliphatic rings. The number of pyridine rings is 1. The van der Waals surface area contributed by atoms with E-state index in [1.54, 1.807) is 12.4 Å². The average molecular weight is 272 g/mol. The highest BCUT2D eigenvalue weighted by molar-refractivity contribution is 5.73. The number of ether oxygens (including phenoxy) is 1. The smallest absolute Gasteiger partial charge is 0.320 e. The van der Waals surface area contributed by atoms with Crippen LogP contribution in [0, 0.1) is 0 Å². The predicted molar refractivity (Wildman–Crippen MR) is 74.3 cm³/mol. The molecular formula is C15H16N2O3. The van der Waals surface area contributed by atoms with Crippen molar-refractivity contribution in [3.63, 3.8) is 0 Å². The van der Waals surface area contributed by atoms with Gasteiger partial charge < -0.3 is 15.6 Å². The van der Waals surface area contributed by atoms with E-state index in [0.29, 0.717) is 13.0 Å². The Labute approximate surface area is 117 Å². The molecule has 20 heavy (non-hydrogen) atoms. The number of benzene rings is 1. The molecule has 2 aromatic rings. The summed E-state index contributed by atoms with van der Waals surface area (Å²) in [5.41, 5.74) is 7.39. The molecule has 5 nitrogen and oxygen atoms in total. The summed E-state index contributed by atoms with van der Waals surface area (Å²) in [5.74, 6) is -0.266. The summed E-state index contributed by atoms with van der Waals surface area (Å²) >= 11 is 0. The lowest BCUT2D eigenvalue weighted by atomic mass is 10.1. The van der Waals surface area contributed by atoms with Gasteiger partial charge >= 0.3 is 5.97 Å². The molecule has 1 aromatic heterocycles. The van der Waals surface area contributed by atoms with Crippen LogP contribution in [0.4, 0.5) is 0 Å². The van der Waals surface area contributed by atoms with Crippen molar-refractivity contribution < 1.29 is 14.6 Å². The maximum Gasteiger partial charge on any atom is 0.320 e. The van der Waals surface area contributed by atoms with Crippen LogP contribution in [0.1, 0.15) is 11.1 Å². The molecule has 0 fully saturated rings. The zero-order valence-corrected chi connectivity index (χ0v) is 10.9. The Kier molecular flexibility index (Phi) is 4.68. The highest BCUT2D eigenvalue weighted by Gasteiger charge is 2.11. The number of carbonyl (C=O) groups is 1. The van der Waals surface area contributed by atoms with Crippen LogP contribution in [-0.4, -0.2) is 22.1 Å². The van der Waals surface area contributed by atoms with Gasteiger partial charge in [-0.25, -0.2) is 0 Å². The minimum Gasteiger partial charge on any atom is -0.489 e. The highest BCUT2D eigenvalue weighted by atomic mass is 16.5. The van der Waals surface area contributed by atoms with Crippen molar-refractivity contribution in [2.24, 2.45) is 5.73 Å². The van der Waals surface area contributed by atoms with Crippen LogP contribution in [0.5, 0.6) is 5.75 Å². The van der Waals surface area contributed by atoms with Gasteiger partial charge in [-0.15, -0.1) is 0 Å². The second-order valence-electron chi connectivity index (χ2n) is 4.44. The second-order valence-corrected chi connectivity index (χ2v) is 4.44. The molecular weight excluding hydrogens is 256 g/mol. The molecule has 1 aromatic carbocycles. The lowest BCUT2D eigenvalue weighted by Crippen LogP contribution is -2.32. The summed E-state index contributed by atoms with van der Waals surface area (Å²) in [4.78, 5) is 14.6. The Bertz CT molecular complexity index is 555. The van der Waals surface area contributed by atoms with Crippen molar-refractivity contribution in [2.45, 2.75) is 19.1 Å². The highest BCUT2D eigenvalue weighted by Crippen LogP contribution is 2.15. The van der Waals surface area contributed by atoms with Gasteiger partial charge in [-0.2, -0.15) is 0 Å². The van der Waals surface area contributed by atoms with E-state index < -0.39 is 12.0 Å². The fraction of sp³-hybridized carbons (Fsp3) is 0.200. The van der Waals surface area contributed by atoms with Gasteiger partial charge in [0.2, 0.25) is 0 Å². The number of carboxylic acid groups (broad SMARTS) is 1. The quantitative estimate of drug-likeness (QED) is 0.834. The summed E-state index contributed by atoms with van der Waals surface area (Å²) in [6, 6.07) is 10.2. The Morgan fingerprint density at radius 1 is 1.15 bits per heavy atom. The summed E-state index contributed by atoms with van der Waals surface area (Å²) in [6.45, 7) is 0.469. The Morgan fingerprint density at radius 2 is 1.80 bits per heavy atom. The molecule has 2 rings (SSSR count). The van der Waals surface area contributed by atoms with E-state index in [0.717, 1.165) is 16.9 Å². The summed E-state index contributed by atoms with van der Waals surface area (Å²) in [7, 11) is 0. The zero-order valence-electron chi connectivity index (χ0n) is 10.9. The Hall–Kier alpha value is -2.40. The fourth-order valence-electron chi connectivity index (χ4n) is 1.71. The predicted octanol–water partition coefficient (Wildman–Crippen LogP) is 1.62. The van der Waals surface area contributed by atoms with Crippen LogP contribution < -0.4 is 10.5 Å². The lowest BCUT2D eigenvalue weighted by Gasteiger charge is -2.09. The van der Waals surface area contributed by atoms with Gasteiger partial charge in [0.1, 0.15) is 18.4 Å². The molecule has 0 aliphatic carbocycles. The lowest BCUT2D eigenvalue weighted by molar-refractivity contribution is -0.138. The maximum atomic E-state index is 10.7. The molecule has 104 valence electrons. The van der Waals surface area contributed by atoms with E-state index in [2.05, 4.69) is 4.98 Å². The van der Waals surface area contributed by atoms with E-state index >= 15 is 0 Å². The van der Waals surface area contributed by atoms with Crippen LogP contribution >= 0.6 is 0 Å². The standard InChI is InChI=1S/C15H16N2O3/c16-14(15(18)19)9-11-1-3-13(4-2-11)20-10-12-5-7-17-8-6-12/h1-8,14H,9-10,16H2,(H,18,19).